The van der Waals surface area contributed by atoms with Crippen LogP contribution in [-0.2, 0) is 6.54 Å². The molecule has 116 valence electrons. The summed E-state index contributed by atoms with van der Waals surface area (Å²) in [6.45, 7) is 2.04. The normalized spacial score (nSPS) is 15.7. The van der Waals surface area contributed by atoms with E-state index in [9.17, 15) is 9.59 Å². The molecule has 1 saturated heterocycles. The maximum Gasteiger partial charge on any atom is 0.323 e. The Morgan fingerprint density at radius 3 is 2.86 bits per heavy atom. The predicted octanol–water partition coefficient (Wildman–Crippen LogP) is 1.64. The summed E-state index contributed by atoms with van der Waals surface area (Å²) in [5, 5.41) is 5.24. The second-order valence-corrected chi connectivity index (χ2v) is 6.16. The van der Waals surface area contributed by atoms with E-state index in [1.54, 1.807) is 22.0 Å². The van der Waals surface area contributed by atoms with Gasteiger partial charge in [-0.15, -0.1) is 11.3 Å². The van der Waals surface area contributed by atoms with Gasteiger partial charge in [0.15, 0.2) is 5.13 Å². The molecule has 0 saturated carbocycles. The summed E-state index contributed by atoms with van der Waals surface area (Å²) in [5.74, 6) is 0.394. The third-order valence-electron chi connectivity index (χ3n) is 3.80. The SMILES string of the molecule is O=C(Nc1nccs1)N1CCC(Cn2cnccc2=O)CC1. The van der Waals surface area contributed by atoms with Crippen molar-refractivity contribution in [2.24, 2.45) is 5.92 Å². The standard InChI is InChI=1S/C14H17N5O2S/c20-12-1-4-15-10-19(12)9-11-2-6-18(7-3-11)14(21)17-13-16-5-8-22-13/h1,4-5,8,10-11H,2-3,6-7,9H2,(H,16,17,21). The van der Waals surface area contributed by atoms with Gasteiger partial charge in [-0.1, -0.05) is 0 Å². The molecule has 7 nitrogen and oxygen atoms in total. The van der Waals surface area contributed by atoms with Crippen LogP contribution in [0.15, 0.2) is 35.0 Å². The van der Waals surface area contributed by atoms with E-state index in [1.165, 1.54) is 23.6 Å². The fourth-order valence-electron chi connectivity index (χ4n) is 2.57. The molecule has 8 heteroatoms. The number of carbonyl (C=O) groups excluding carboxylic acids is 1. The number of piperidine rings is 1. The maximum atomic E-state index is 12.1. The van der Waals surface area contributed by atoms with Gasteiger partial charge in [-0.05, 0) is 18.8 Å². The van der Waals surface area contributed by atoms with E-state index >= 15 is 0 Å². The van der Waals surface area contributed by atoms with Crippen LogP contribution in [0.3, 0.4) is 0 Å². The van der Waals surface area contributed by atoms with Crippen LogP contribution in [-0.4, -0.2) is 38.6 Å². The first-order valence-electron chi connectivity index (χ1n) is 7.18. The number of hydrogen-bond acceptors (Lipinski definition) is 5. The average molecular weight is 319 g/mol. The molecule has 3 rings (SSSR count). The Balaban J connectivity index is 1.51. The Labute approximate surface area is 131 Å². The van der Waals surface area contributed by atoms with Gasteiger partial charge in [0.25, 0.3) is 5.56 Å². The largest absolute Gasteiger partial charge is 0.324 e. The Bertz CT molecular complexity index is 677. The summed E-state index contributed by atoms with van der Waals surface area (Å²) in [6.07, 6.45) is 6.51. The molecule has 1 aliphatic heterocycles. The molecule has 22 heavy (non-hydrogen) atoms. The number of urea groups is 1. The minimum Gasteiger partial charge on any atom is -0.324 e. The number of aromatic nitrogens is 3. The molecule has 2 amide bonds. The predicted molar refractivity (Wildman–Crippen MR) is 83.9 cm³/mol. The highest BCUT2D eigenvalue weighted by Gasteiger charge is 2.23. The monoisotopic (exact) mass is 319 g/mol. The minimum absolute atomic E-state index is 0.0288. The minimum atomic E-state index is -0.105. The molecule has 0 aliphatic carbocycles. The first-order valence-corrected chi connectivity index (χ1v) is 8.06. The lowest BCUT2D eigenvalue weighted by atomic mass is 9.97. The van der Waals surface area contributed by atoms with Crippen LogP contribution in [0.5, 0.6) is 0 Å². The lowest BCUT2D eigenvalue weighted by Gasteiger charge is -2.31. The summed E-state index contributed by atoms with van der Waals surface area (Å²) in [5.41, 5.74) is -0.0288. The molecule has 0 unspecified atom stereocenters. The van der Waals surface area contributed by atoms with E-state index in [4.69, 9.17) is 0 Å². The van der Waals surface area contributed by atoms with E-state index in [2.05, 4.69) is 15.3 Å². The summed E-state index contributed by atoms with van der Waals surface area (Å²) in [7, 11) is 0. The van der Waals surface area contributed by atoms with Crippen LogP contribution in [0.1, 0.15) is 12.8 Å². The molecule has 0 spiro atoms. The number of carbonyl (C=O) groups is 1. The molecule has 2 aromatic heterocycles. The molecule has 2 aromatic rings. The number of thiazole rings is 1. The number of nitrogens with zero attached hydrogens (tertiary/aromatic N) is 4. The average Bonchev–Trinajstić information content (AvgIpc) is 3.03. The number of rotatable bonds is 3. The van der Waals surface area contributed by atoms with Crippen molar-refractivity contribution in [3.63, 3.8) is 0 Å². The highest BCUT2D eigenvalue weighted by molar-refractivity contribution is 7.13. The van der Waals surface area contributed by atoms with Gasteiger partial charge in [-0.3, -0.25) is 14.7 Å². The summed E-state index contributed by atoms with van der Waals surface area (Å²) in [4.78, 5) is 33.6. The molecule has 3 heterocycles. The first kappa shape index (κ1) is 14.7. The number of likely N-dealkylation sites (tertiary alicyclic amines) is 1. The molecular weight excluding hydrogens is 302 g/mol. The van der Waals surface area contributed by atoms with E-state index in [1.807, 2.05) is 5.38 Å². The van der Waals surface area contributed by atoms with Crippen molar-refractivity contribution in [1.29, 1.82) is 0 Å². The van der Waals surface area contributed by atoms with Crippen molar-refractivity contribution in [2.75, 3.05) is 18.4 Å². The van der Waals surface area contributed by atoms with Crippen molar-refractivity contribution >= 4 is 22.5 Å². The van der Waals surface area contributed by atoms with Crippen LogP contribution < -0.4 is 10.9 Å². The van der Waals surface area contributed by atoms with Gasteiger partial charge in [0.2, 0.25) is 0 Å². The van der Waals surface area contributed by atoms with Crippen molar-refractivity contribution in [3.8, 4) is 0 Å². The second-order valence-electron chi connectivity index (χ2n) is 5.27. The van der Waals surface area contributed by atoms with Gasteiger partial charge < -0.3 is 4.90 Å². The Morgan fingerprint density at radius 1 is 1.36 bits per heavy atom. The molecule has 1 fully saturated rings. The lowest BCUT2D eigenvalue weighted by Crippen LogP contribution is -2.42. The molecule has 0 aromatic carbocycles. The third kappa shape index (κ3) is 3.51. The van der Waals surface area contributed by atoms with E-state index in [-0.39, 0.29) is 11.6 Å². The van der Waals surface area contributed by atoms with Crippen molar-refractivity contribution < 1.29 is 4.79 Å². The highest BCUT2D eigenvalue weighted by Crippen LogP contribution is 2.20. The lowest BCUT2D eigenvalue weighted by molar-refractivity contribution is 0.176. The fraction of sp³-hybridized carbons (Fsp3) is 0.429. The summed E-state index contributed by atoms with van der Waals surface area (Å²) < 4.78 is 1.63. The Morgan fingerprint density at radius 2 is 2.18 bits per heavy atom. The number of amides is 2. The van der Waals surface area contributed by atoms with Crippen molar-refractivity contribution in [3.05, 3.63) is 40.5 Å². The van der Waals surface area contributed by atoms with E-state index < -0.39 is 0 Å². The topological polar surface area (TPSA) is 80.1 Å². The van der Waals surface area contributed by atoms with Gasteiger partial charge in [-0.2, -0.15) is 0 Å². The smallest absolute Gasteiger partial charge is 0.323 e. The van der Waals surface area contributed by atoms with Crippen LogP contribution in [0.2, 0.25) is 0 Å². The molecule has 0 radical (unpaired) electrons. The maximum absolute atomic E-state index is 12.1. The zero-order valence-electron chi connectivity index (χ0n) is 12.0. The third-order valence-corrected chi connectivity index (χ3v) is 4.48. The van der Waals surface area contributed by atoms with Crippen LogP contribution >= 0.6 is 11.3 Å². The zero-order chi connectivity index (χ0) is 15.4. The molecule has 0 bridgehead atoms. The van der Waals surface area contributed by atoms with Gasteiger partial charge in [0.05, 0.1) is 6.33 Å². The summed E-state index contributed by atoms with van der Waals surface area (Å²) >= 11 is 1.40. The number of nitrogens with one attached hydrogen (secondary N) is 1. The van der Waals surface area contributed by atoms with Crippen LogP contribution in [0, 0.1) is 5.92 Å². The van der Waals surface area contributed by atoms with E-state index in [0.29, 0.717) is 30.7 Å². The molecule has 1 N–H and O–H groups in total. The Hall–Kier alpha value is -2.22. The number of anilines is 1. The Kier molecular flexibility index (Phi) is 4.47. The van der Waals surface area contributed by atoms with Crippen molar-refractivity contribution in [1.82, 2.24) is 19.4 Å². The van der Waals surface area contributed by atoms with Crippen molar-refractivity contribution in [2.45, 2.75) is 19.4 Å². The quantitative estimate of drug-likeness (QED) is 0.933. The molecular formula is C14H17N5O2S. The first-order chi connectivity index (χ1) is 10.7. The second kappa shape index (κ2) is 6.69. The fourth-order valence-corrected chi connectivity index (χ4v) is 3.09. The van der Waals surface area contributed by atoms with E-state index in [0.717, 1.165) is 12.8 Å². The van der Waals surface area contributed by atoms with Gasteiger partial charge >= 0.3 is 6.03 Å². The van der Waals surface area contributed by atoms with Crippen LogP contribution in [0.4, 0.5) is 9.93 Å². The summed E-state index contributed by atoms with van der Waals surface area (Å²) in [6, 6.07) is 1.36. The molecule has 0 atom stereocenters. The highest BCUT2D eigenvalue weighted by atomic mass is 32.1. The van der Waals surface area contributed by atoms with Gasteiger partial charge in [0, 0.05) is 43.5 Å². The zero-order valence-corrected chi connectivity index (χ0v) is 12.8. The van der Waals surface area contributed by atoms with Crippen LogP contribution in [0.25, 0.3) is 0 Å². The number of hydrogen-bond donors (Lipinski definition) is 1. The van der Waals surface area contributed by atoms with Gasteiger partial charge in [-0.25, -0.2) is 14.8 Å². The molecule has 1 aliphatic rings. The van der Waals surface area contributed by atoms with Gasteiger partial charge in [0.1, 0.15) is 0 Å².